The molecule has 0 aliphatic heterocycles. The van der Waals surface area contributed by atoms with E-state index in [0.29, 0.717) is 23.6 Å². The van der Waals surface area contributed by atoms with E-state index >= 15 is 0 Å². The van der Waals surface area contributed by atoms with Gasteiger partial charge in [0.1, 0.15) is 12.1 Å². The Morgan fingerprint density at radius 3 is 2.71 bits per heavy atom. The Balaban J connectivity index is 1.79. The summed E-state index contributed by atoms with van der Waals surface area (Å²) >= 11 is 3.26. The summed E-state index contributed by atoms with van der Waals surface area (Å²) in [5.41, 5.74) is 0.993. The van der Waals surface area contributed by atoms with E-state index in [9.17, 15) is 4.39 Å². The molecule has 0 aliphatic carbocycles. The highest BCUT2D eigenvalue weighted by Crippen LogP contribution is 2.25. The molecule has 0 amide bonds. The van der Waals surface area contributed by atoms with Crippen molar-refractivity contribution < 1.29 is 9.13 Å². The maximum Gasteiger partial charge on any atom is 0.321 e. The lowest BCUT2D eigenvalue weighted by Crippen LogP contribution is -2.02. The van der Waals surface area contributed by atoms with Crippen LogP contribution in [-0.4, -0.2) is 19.9 Å². The molecule has 24 heavy (non-hydrogen) atoms. The van der Waals surface area contributed by atoms with Gasteiger partial charge in [0.2, 0.25) is 0 Å². The predicted molar refractivity (Wildman–Crippen MR) is 90.9 cm³/mol. The molecule has 122 valence electrons. The minimum Gasteiger partial charge on any atom is -0.424 e. The largest absolute Gasteiger partial charge is 0.424 e. The molecule has 2 heterocycles. The Bertz CT molecular complexity index is 844. The van der Waals surface area contributed by atoms with Crippen molar-refractivity contribution in [3.63, 3.8) is 0 Å². The van der Waals surface area contributed by atoms with Gasteiger partial charge in [-0.25, -0.2) is 24.3 Å². The van der Waals surface area contributed by atoms with Crippen LogP contribution in [0.5, 0.6) is 11.8 Å². The SMILES string of the molecule is CCc1ncnc(Nc2cccc(Oc3ncc(Br)cn3)c2)c1F. The topological polar surface area (TPSA) is 72.8 Å². The minimum atomic E-state index is -0.456. The quantitative estimate of drug-likeness (QED) is 0.702. The van der Waals surface area contributed by atoms with Crippen LogP contribution in [0.15, 0.2) is 47.5 Å². The highest BCUT2D eigenvalue weighted by Gasteiger charge is 2.10. The first-order valence-electron chi connectivity index (χ1n) is 7.17. The van der Waals surface area contributed by atoms with Gasteiger partial charge in [0.25, 0.3) is 0 Å². The monoisotopic (exact) mass is 389 g/mol. The smallest absolute Gasteiger partial charge is 0.321 e. The van der Waals surface area contributed by atoms with E-state index in [4.69, 9.17) is 4.74 Å². The Morgan fingerprint density at radius 1 is 1.17 bits per heavy atom. The summed E-state index contributed by atoms with van der Waals surface area (Å²) in [5, 5.41) is 2.93. The van der Waals surface area contributed by atoms with Crippen LogP contribution in [0.25, 0.3) is 0 Å². The van der Waals surface area contributed by atoms with Crippen molar-refractivity contribution in [1.82, 2.24) is 19.9 Å². The van der Waals surface area contributed by atoms with Crippen molar-refractivity contribution in [2.24, 2.45) is 0 Å². The van der Waals surface area contributed by atoms with Crippen LogP contribution >= 0.6 is 15.9 Å². The maximum atomic E-state index is 14.2. The zero-order valence-corrected chi connectivity index (χ0v) is 14.3. The fourth-order valence-electron chi connectivity index (χ4n) is 1.97. The molecule has 0 fully saturated rings. The van der Waals surface area contributed by atoms with Crippen molar-refractivity contribution in [3.05, 3.63) is 59.0 Å². The number of anilines is 2. The van der Waals surface area contributed by atoms with E-state index in [1.165, 1.54) is 6.33 Å². The first kappa shape index (κ1) is 16.3. The summed E-state index contributed by atoms with van der Waals surface area (Å²) in [7, 11) is 0. The number of hydrogen-bond donors (Lipinski definition) is 1. The van der Waals surface area contributed by atoms with Gasteiger partial charge in [-0.1, -0.05) is 13.0 Å². The van der Waals surface area contributed by atoms with Gasteiger partial charge in [-0.2, -0.15) is 0 Å². The highest BCUT2D eigenvalue weighted by molar-refractivity contribution is 9.10. The highest BCUT2D eigenvalue weighted by atomic mass is 79.9. The number of benzene rings is 1. The second-order valence-corrected chi connectivity index (χ2v) is 5.69. The third-order valence-corrected chi connectivity index (χ3v) is 3.51. The van der Waals surface area contributed by atoms with E-state index < -0.39 is 5.82 Å². The molecule has 0 saturated heterocycles. The van der Waals surface area contributed by atoms with Crippen LogP contribution in [0, 0.1) is 5.82 Å². The molecule has 0 spiro atoms. The number of hydrogen-bond acceptors (Lipinski definition) is 6. The van der Waals surface area contributed by atoms with Gasteiger partial charge in [-0.15, -0.1) is 0 Å². The summed E-state index contributed by atoms with van der Waals surface area (Å²) in [6.07, 6.45) is 5.01. The number of aryl methyl sites for hydroxylation is 1. The van der Waals surface area contributed by atoms with Crippen LogP contribution in [-0.2, 0) is 6.42 Å². The van der Waals surface area contributed by atoms with Crippen LogP contribution in [0.4, 0.5) is 15.9 Å². The molecule has 3 rings (SSSR count). The van der Waals surface area contributed by atoms with Crippen molar-refractivity contribution in [2.45, 2.75) is 13.3 Å². The third kappa shape index (κ3) is 3.83. The van der Waals surface area contributed by atoms with E-state index in [1.54, 1.807) is 36.7 Å². The molecule has 0 atom stereocenters. The molecule has 0 aliphatic rings. The van der Waals surface area contributed by atoms with Crippen molar-refractivity contribution >= 4 is 27.4 Å². The molecular weight excluding hydrogens is 377 g/mol. The van der Waals surface area contributed by atoms with Gasteiger partial charge in [0.15, 0.2) is 11.6 Å². The summed E-state index contributed by atoms with van der Waals surface area (Å²) in [6.45, 7) is 1.84. The number of ether oxygens (including phenoxy) is 1. The lowest BCUT2D eigenvalue weighted by molar-refractivity contribution is 0.441. The zero-order chi connectivity index (χ0) is 16.9. The number of aromatic nitrogens is 4. The normalized spacial score (nSPS) is 10.5. The summed E-state index contributed by atoms with van der Waals surface area (Å²) in [4.78, 5) is 15.9. The van der Waals surface area contributed by atoms with Crippen LogP contribution in [0.3, 0.4) is 0 Å². The lowest BCUT2D eigenvalue weighted by Gasteiger charge is -2.10. The average molecular weight is 390 g/mol. The van der Waals surface area contributed by atoms with Crippen LogP contribution < -0.4 is 10.1 Å². The van der Waals surface area contributed by atoms with Gasteiger partial charge in [-0.3, -0.25) is 0 Å². The molecule has 0 bridgehead atoms. The second-order valence-electron chi connectivity index (χ2n) is 4.78. The molecule has 3 aromatic rings. The molecule has 1 N–H and O–H groups in total. The Labute approximate surface area is 146 Å². The predicted octanol–water partition coefficient (Wildman–Crippen LogP) is 4.27. The van der Waals surface area contributed by atoms with E-state index in [2.05, 4.69) is 41.2 Å². The fraction of sp³-hybridized carbons (Fsp3) is 0.125. The molecule has 1 aromatic carbocycles. The first-order chi connectivity index (χ1) is 11.7. The molecule has 8 heteroatoms. The van der Waals surface area contributed by atoms with E-state index in [1.807, 2.05) is 6.92 Å². The van der Waals surface area contributed by atoms with E-state index in [0.717, 1.165) is 4.47 Å². The lowest BCUT2D eigenvalue weighted by atomic mass is 10.2. The molecular formula is C16H13BrFN5O. The molecule has 0 radical (unpaired) electrons. The number of halogens is 2. The van der Waals surface area contributed by atoms with Gasteiger partial charge in [0.05, 0.1) is 10.2 Å². The number of rotatable bonds is 5. The first-order valence-corrected chi connectivity index (χ1v) is 7.97. The Hall–Kier alpha value is -2.61. The van der Waals surface area contributed by atoms with Crippen LogP contribution in [0.1, 0.15) is 12.6 Å². The Kier molecular flexibility index (Phi) is 4.95. The summed E-state index contributed by atoms with van der Waals surface area (Å²) in [5.74, 6) is 0.189. The molecule has 0 saturated carbocycles. The van der Waals surface area contributed by atoms with Gasteiger partial charge >= 0.3 is 6.01 Å². The van der Waals surface area contributed by atoms with Crippen molar-refractivity contribution in [2.75, 3.05) is 5.32 Å². The standard InChI is InChI=1S/C16H13BrFN5O/c1-2-13-14(18)15(22-9-21-13)23-11-4-3-5-12(6-11)24-16-19-7-10(17)8-20-16/h3-9H,2H2,1H3,(H,21,22,23). The van der Waals surface area contributed by atoms with Gasteiger partial charge in [0, 0.05) is 24.1 Å². The van der Waals surface area contributed by atoms with Gasteiger partial charge < -0.3 is 10.1 Å². The third-order valence-electron chi connectivity index (χ3n) is 3.10. The van der Waals surface area contributed by atoms with Gasteiger partial charge in [-0.05, 0) is 34.5 Å². The minimum absolute atomic E-state index is 0.124. The molecule has 2 aromatic heterocycles. The zero-order valence-electron chi connectivity index (χ0n) is 12.7. The number of nitrogens with zero attached hydrogens (tertiary/aromatic N) is 4. The van der Waals surface area contributed by atoms with E-state index in [-0.39, 0.29) is 11.8 Å². The van der Waals surface area contributed by atoms with Crippen molar-refractivity contribution in [1.29, 1.82) is 0 Å². The summed E-state index contributed by atoms with van der Waals surface area (Å²) < 4.78 is 20.5. The van der Waals surface area contributed by atoms with Crippen LogP contribution in [0.2, 0.25) is 0 Å². The second kappa shape index (κ2) is 7.31. The summed E-state index contributed by atoms with van der Waals surface area (Å²) in [6, 6.07) is 7.23. The Morgan fingerprint density at radius 2 is 1.96 bits per heavy atom. The maximum absolute atomic E-state index is 14.2. The molecule has 6 nitrogen and oxygen atoms in total. The molecule has 0 unspecified atom stereocenters. The van der Waals surface area contributed by atoms with Crippen molar-refractivity contribution in [3.8, 4) is 11.8 Å². The number of nitrogens with one attached hydrogen (secondary N) is 1. The average Bonchev–Trinajstić information content (AvgIpc) is 2.59. The fourth-order valence-corrected chi connectivity index (χ4v) is 2.18.